The molecule has 2 N–H and O–H groups in total. The van der Waals surface area contributed by atoms with E-state index in [1.54, 1.807) is 13.0 Å². The van der Waals surface area contributed by atoms with Gasteiger partial charge in [-0.3, -0.25) is 14.4 Å². The lowest BCUT2D eigenvalue weighted by Gasteiger charge is -2.25. The van der Waals surface area contributed by atoms with Crippen LogP contribution in [0.1, 0.15) is 33.3 Å². The van der Waals surface area contributed by atoms with Gasteiger partial charge < -0.3 is 15.5 Å². The third kappa shape index (κ3) is 8.28. The van der Waals surface area contributed by atoms with E-state index >= 15 is 0 Å². The van der Waals surface area contributed by atoms with Gasteiger partial charge in [-0.15, -0.1) is 0 Å². The first kappa shape index (κ1) is 20.6. The maximum Gasteiger partial charge on any atom is 0.242 e. The van der Waals surface area contributed by atoms with Crippen LogP contribution >= 0.6 is 0 Å². The number of carbonyl (C=O) groups excluding carboxylic acids is 3. The van der Waals surface area contributed by atoms with E-state index in [1.165, 1.54) is 23.1 Å². The highest BCUT2D eigenvalue weighted by molar-refractivity contribution is 5.88. The van der Waals surface area contributed by atoms with Crippen molar-refractivity contribution in [2.45, 2.75) is 39.7 Å². The van der Waals surface area contributed by atoms with Crippen molar-refractivity contribution in [2.24, 2.45) is 0 Å². The molecule has 3 amide bonds. The average Bonchev–Trinajstić information content (AvgIpc) is 2.48. The van der Waals surface area contributed by atoms with Crippen LogP contribution in [0.3, 0.4) is 0 Å². The van der Waals surface area contributed by atoms with E-state index in [1.807, 2.05) is 20.8 Å². The lowest BCUT2D eigenvalue weighted by molar-refractivity contribution is -0.136. The molecule has 0 aliphatic heterocycles. The maximum absolute atomic E-state index is 13.1. The molecule has 1 aromatic rings. The molecule has 0 saturated heterocycles. The zero-order chi connectivity index (χ0) is 19.0. The Morgan fingerprint density at radius 2 is 1.84 bits per heavy atom. The lowest BCUT2D eigenvalue weighted by Crippen LogP contribution is -2.49. The van der Waals surface area contributed by atoms with E-state index in [0.717, 1.165) is 0 Å². The van der Waals surface area contributed by atoms with Crippen LogP contribution in [0.5, 0.6) is 0 Å². The highest BCUT2D eigenvalue weighted by Crippen LogP contribution is 2.04. The number of benzene rings is 1. The SMILES string of the molecule is CCN(CC(=O)NC(C)(C)C)C(=O)CNC(=O)Cc1cccc(F)c1. The van der Waals surface area contributed by atoms with Crippen LogP contribution in [0, 0.1) is 5.82 Å². The number of nitrogens with zero attached hydrogens (tertiary/aromatic N) is 1. The molecule has 0 bridgehead atoms. The van der Waals surface area contributed by atoms with E-state index < -0.39 is 5.82 Å². The molecule has 0 unspecified atom stereocenters. The molecule has 25 heavy (non-hydrogen) atoms. The first-order chi connectivity index (χ1) is 11.6. The van der Waals surface area contributed by atoms with Gasteiger partial charge in [0.05, 0.1) is 19.5 Å². The summed E-state index contributed by atoms with van der Waals surface area (Å²) in [5, 5.41) is 5.29. The fourth-order valence-corrected chi connectivity index (χ4v) is 2.19. The van der Waals surface area contributed by atoms with Crippen molar-refractivity contribution < 1.29 is 18.8 Å². The smallest absolute Gasteiger partial charge is 0.242 e. The van der Waals surface area contributed by atoms with Gasteiger partial charge in [0.1, 0.15) is 5.82 Å². The fraction of sp³-hybridized carbons (Fsp3) is 0.500. The van der Waals surface area contributed by atoms with Crippen molar-refractivity contribution in [1.29, 1.82) is 0 Å². The van der Waals surface area contributed by atoms with Crippen LogP contribution in [0.15, 0.2) is 24.3 Å². The third-order valence-electron chi connectivity index (χ3n) is 3.27. The molecule has 0 spiro atoms. The number of hydrogen-bond donors (Lipinski definition) is 2. The second kappa shape index (κ2) is 9.15. The molecular weight excluding hydrogens is 325 g/mol. The first-order valence-electron chi connectivity index (χ1n) is 8.20. The number of halogens is 1. The third-order valence-corrected chi connectivity index (χ3v) is 3.27. The van der Waals surface area contributed by atoms with E-state index in [0.29, 0.717) is 12.1 Å². The zero-order valence-corrected chi connectivity index (χ0v) is 15.2. The number of amides is 3. The molecule has 138 valence electrons. The average molecular weight is 351 g/mol. The summed E-state index contributed by atoms with van der Waals surface area (Å²) in [6.07, 6.45) is -0.0122. The minimum Gasteiger partial charge on any atom is -0.350 e. The highest BCUT2D eigenvalue weighted by atomic mass is 19.1. The van der Waals surface area contributed by atoms with Crippen LogP contribution in [-0.2, 0) is 20.8 Å². The summed E-state index contributed by atoms with van der Waals surface area (Å²) in [6.45, 7) is 7.42. The Labute approximate surface area is 147 Å². The van der Waals surface area contributed by atoms with Gasteiger partial charge in [-0.1, -0.05) is 12.1 Å². The van der Waals surface area contributed by atoms with Crippen molar-refractivity contribution in [3.8, 4) is 0 Å². The van der Waals surface area contributed by atoms with Crippen LogP contribution < -0.4 is 10.6 Å². The van der Waals surface area contributed by atoms with Crippen LogP contribution in [0.4, 0.5) is 4.39 Å². The summed E-state index contributed by atoms with van der Waals surface area (Å²) in [7, 11) is 0. The Bertz CT molecular complexity index is 626. The summed E-state index contributed by atoms with van der Waals surface area (Å²) >= 11 is 0. The summed E-state index contributed by atoms with van der Waals surface area (Å²) in [4.78, 5) is 37.3. The van der Waals surface area contributed by atoms with Crippen molar-refractivity contribution in [2.75, 3.05) is 19.6 Å². The molecule has 0 radical (unpaired) electrons. The summed E-state index contributed by atoms with van der Waals surface area (Å²) in [6, 6.07) is 5.73. The molecule has 0 saturated carbocycles. The van der Waals surface area contributed by atoms with Gasteiger partial charge in [0.15, 0.2) is 0 Å². The van der Waals surface area contributed by atoms with Gasteiger partial charge in [-0.05, 0) is 45.4 Å². The van der Waals surface area contributed by atoms with Crippen molar-refractivity contribution in [1.82, 2.24) is 15.5 Å². The fourth-order valence-electron chi connectivity index (χ4n) is 2.19. The van der Waals surface area contributed by atoms with Crippen LogP contribution in [0.2, 0.25) is 0 Å². The van der Waals surface area contributed by atoms with Gasteiger partial charge in [0.2, 0.25) is 17.7 Å². The Balaban J connectivity index is 2.47. The summed E-state index contributed by atoms with van der Waals surface area (Å²) in [5.74, 6) is -1.40. The molecule has 0 aliphatic carbocycles. The molecule has 0 heterocycles. The Morgan fingerprint density at radius 1 is 1.16 bits per heavy atom. The molecular formula is C18H26FN3O3. The summed E-state index contributed by atoms with van der Waals surface area (Å²) < 4.78 is 13.1. The van der Waals surface area contributed by atoms with Gasteiger partial charge in [0, 0.05) is 12.1 Å². The van der Waals surface area contributed by atoms with E-state index in [-0.39, 0.29) is 42.8 Å². The topological polar surface area (TPSA) is 78.5 Å². The lowest BCUT2D eigenvalue weighted by atomic mass is 10.1. The standard InChI is InChI=1S/C18H26FN3O3/c1-5-22(12-16(24)21-18(2,3)4)17(25)11-20-15(23)10-13-7-6-8-14(19)9-13/h6-9H,5,10-12H2,1-4H3,(H,20,23)(H,21,24). The summed E-state index contributed by atoms with van der Waals surface area (Å²) in [5.41, 5.74) is 0.153. The van der Waals surface area contributed by atoms with Crippen molar-refractivity contribution >= 4 is 17.7 Å². The number of nitrogens with one attached hydrogen (secondary N) is 2. The highest BCUT2D eigenvalue weighted by Gasteiger charge is 2.19. The molecule has 0 aliphatic rings. The van der Waals surface area contributed by atoms with Gasteiger partial charge in [-0.25, -0.2) is 4.39 Å². The minimum atomic E-state index is -0.414. The Kier molecular flexibility index (Phi) is 7.54. The van der Waals surface area contributed by atoms with Crippen LogP contribution in [0.25, 0.3) is 0 Å². The van der Waals surface area contributed by atoms with Crippen LogP contribution in [-0.4, -0.2) is 47.8 Å². The molecule has 6 nitrogen and oxygen atoms in total. The maximum atomic E-state index is 13.1. The predicted molar refractivity (Wildman–Crippen MR) is 93.3 cm³/mol. The Hall–Kier alpha value is -2.44. The van der Waals surface area contributed by atoms with Crippen molar-refractivity contribution in [3.05, 3.63) is 35.6 Å². The Morgan fingerprint density at radius 3 is 2.40 bits per heavy atom. The molecule has 0 atom stereocenters. The van der Waals surface area contributed by atoms with Gasteiger partial charge >= 0.3 is 0 Å². The molecule has 0 fully saturated rings. The molecule has 1 aromatic carbocycles. The quantitative estimate of drug-likeness (QED) is 0.776. The normalized spacial score (nSPS) is 10.9. The molecule has 0 aromatic heterocycles. The van der Waals surface area contributed by atoms with E-state index in [4.69, 9.17) is 0 Å². The molecule has 1 rings (SSSR count). The zero-order valence-electron chi connectivity index (χ0n) is 15.2. The largest absolute Gasteiger partial charge is 0.350 e. The minimum absolute atomic E-state index is 0.0122. The number of likely N-dealkylation sites (N-methyl/N-ethyl adjacent to an activating group) is 1. The van der Waals surface area contributed by atoms with Gasteiger partial charge in [0.25, 0.3) is 0 Å². The second-order valence-electron chi connectivity index (χ2n) is 6.79. The molecule has 7 heteroatoms. The first-order valence-corrected chi connectivity index (χ1v) is 8.20. The van der Waals surface area contributed by atoms with E-state index in [9.17, 15) is 18.8 Å². The van der Waals surface area contributed by atoms with E-state index in [2.05, 4.69) is 10.6 Å². The number of carbonyl (C=O) groups is 3. The monoisotopic (exact) mass is 351 g/mol. The second-order valence-corrected chi connectivity index (χ2v) is 6.79. The predicted octanol–water partition coefficient (Wildman–Crippen LogP) is 1.25. The van der Waals surface area contributed by atoms with Gasteiger partial charge in [-0.2, -0.15) is 0 Å². The number of rotatable bonds is 7. The van der Waals surface area contributed by atoms with Crippen molar-refractivity contribution in [3.63, 3.8) is 0 Å². The number of hydrogen-bond acceptors (Lipinski definition) is 3.